The zero-order valence-corrected chi connectivity index (χ0v) is 11.1. The molecule has 1 fully saturated rings. The lowest BCUT2D eigenvalue weighted by molar-refractivity contribution is -0.145. The second-order valence-corrected chi connectivity index (χ2v) is 5.80. The average Bonchev–Trinajstić information content (AvgIpc) is 2.12. The fourth-order valence-corrected chi connectivity index (χ4v) is 2.02. The molecule has 1 rings (SSSR count). The van der Waals surface area contributed by atoms with Crippen LogP contribution < -0.4 is 0 Å². The first-order valence-electron chi connectivity index (χ1n) is 6.03. The first-order valence-corrected chi connectivity index (χ1v) is 6.03. The number of amides is 1. The topological polar surface area (TPSA) is 87.1 Å². The highest BCUT2D eigenvalue weighted by molar-refractivity contribution is 5.70. The molecule has 1 heterocycles. The molecule has 0 saturated carbocycles. The number of aliphatic hydroxyl groups is 1. The van der Waals surface area contributed by atoms with Gasteiger partial charge in [-0.25, -0.2) is 4.79 Å². The van der Waals surface area contributed by atoms with Crippen LogP contribution in [0.25, 0.3) is 0 Å². The zero-order valence-electron chi connectivity index (χ0n) is 11.1. The summed E-state index contributed by atoms with van der Waals surface area (Å²) >= 11 is 0. The number of nitrogens with zero attached hydrogens (tertiary/aromatic N) is 1. The molecule has 104 valence electrons. The summed E-state index contributed by atoms with van der Waals surface area (Å²) in [4.78, 5) is 23.9. The molecule has 6 nitrogen and oxygen atoms in total. The number of carboxylic acid groups (broad SMARTS) is 1. The lowest BCUT2D eigenvalue weighted by atomic mass is 9.90. The third-order valence-corrected chi connectivity index (χ3v) is 2.69. The Labute approximate surface area is 107 Å². The van der Waals surface area contributed by atoms with Gasteiger partial charge in [0.05, 0.1) is 18.6 Å². The predicted molar refractivity (Wildman–Crippen MR) is 64.2 cm³/mol. The van der Waals surface area contributed by atoms with Crippen LogP contribution in [-0.2, 0) is 9.53 Å². The van der Waals surface area contributed by atoms with Gasteiger partial charge in [0.2, 0.25) is 0 Å². The number of carboxylic acids is 1. The van der Waals surface area contributed by atoms with Gasteiger partial charge >= 0.3 is 12.1 Å². The summed E-state index contributed by atoms with van der Waals surface area (Å²) < 4.78 is 5.20. The van der Waals surface area contributed by atoms with E-state index in [0.29, 0.717) is 19.4 Å². The van der Waals surface area contributed by atoms with Crippen LogP contribution >= 0.6 is 0 Å². The first-order chi connectivity index (χ1) is 8.11. The molecular weight excluding hydrogens is 238 g/mol. The summed E-state index contributed by atoms with van der Waals surface area (Å²) in [6, 6.07) is 0. The van der Waals surface area contributed by atoms with Gasteiger partial charge < -0.3 is 19.8 Å². The molecule has 0 radical (unpaired) electrons. The van der Waals surface area contributed by atoms with E-state index >= 15 is 0 Å². The molecule has 2 N–H and O–H groups in total. The number of likely N-dealkylation sites (tertiary alicyclic amines) is 1. The molecule has 0 aromatic carbocycles. The van der Waals surface area contributed by atoms with Crippen molar-refractivity contribution in [1.29, 1.82) is 0 Å². The number of rotatable bonds is 2. The summed E-state index contributed by atoms with van der Waals surface area (Å²) in [6.45, 7) is 5.78. The number of β-amino-alcohol motifs (C(OH)–C–C–N with tert-alkyl or cyclic N) is 1. The van der Waals surface area contributed by atoms with Crippen molar-refractivity contribution >= 4 is 12.1 Å². The summed E-state index contributed by atoms with van der Waals surface area (Å²) in [5.74, 6) is -1.07. The highest BCUT2D eigenvalue weighted by Gasteiger charge is 2.38. The summed E-state index contributed by atoms with van der Waals surface area (Å²) in [7, 11) is 0. The van der Waals surface area contributed by atoms with Gasteiger partial charge in [-0.3, -0.25) is 4.79 Å². The molecule has 0 spiro atoms. The Hall–Kier alpha value is -1.30. The van der Waals surface area contributed by atoms with Gasteiger partial charge in [-0.05, 0) is 33.6 Å². The quantitative estimate of drug-likeness (QED) is 0.778. The Balaban J connectivity index is 2.63. The smallest absolute Gasteiger partial charge is 0.410 e. The second-order valence-electron chi connectivity index (χ2n) is 5.80. The van der Waals surface area contributed by atoms with E-state index in [1.165, 1.54) is 4.90 Å². The molecule has 0 unspecified atom stereocenters. The molecular formula is C12H21NO5. The van der Waals surface area contributed by atoms with Crippen LogP contribution in [0.1, 0.15) is 40.0 Å². The number of hydrogen-bond acceptors (Lipinski definition) is 4. The fraction of sp³-hybridized carbons (Fsp3) is 0.833. The van der Waals surface area contributed by atoms with Crippen LogP contribution in [0.5, 0.6) is 0 Å². The molecule has 18 heavy (non-hydrogen) atoms. The van der Waals surface area contributed by atoms with Gasteiger partial charge in [-0.1, -0.05) is 0 Å². The monoisotopic (exact) mass is 259 g/mol. The SMILES string of the molecule is CC(C)(C)OC(=O)N1CCC[C@@](O)(CC(=O)O)C1. The van der Waals surface area contributed by atoms with E-state index in [1.54, 1.807) is 20.8 Å². The third kappa shape index (κ3) is 4.52. The molecule has 1 atom stereocenters. The van der Waals surface area contributed by atoms with Crippen molar-refractivity contribution in [2.45, 2.75) is 51.2 Å². The first kappa shape index (κ1) is 14.8. The van der Waals surface area contributed by atoms with Crippen LogP contribution in [0.4, 0.5) is 4.79 Å². The number of aliphatic carboxylic acids is 1. The van der Waals surface area contributed by atoms with E-state index in [9.17, 15) is 14.7 Å². The number of ether oxygens (including phenoxy) is 1. The van der Waals surface area contributed by atoms with Crippen molar-refractivity contribution in [3.63, 3.8) is 0 Å². The van der Waals surface area contributed by atoms with Crippen LogP contribution in [0, 0.1) is 0 Å². The lowest BCUT2D eigenvalue weighted by Gasteiger charge is -2.38. The average molecular weight is 259 g/mol. The second kappa shape index (κ2) is 5.14. The van der Waals surface area contributed by atoms with Crippen molar-refractivity contribution in [1.82, 2.24) is 4.90 Å². The van der Waals surface area contributed by atoms with Crippen molar-refractivity contribution in [2.24, 2.45) is 0 Å². The van der Waals surface area contributed by atoms with Gasteiger partial charge in [0.1, 0.15) is 5.60 Å². The van der Waals surface area contributed by atoms with E-state index in [2.05, 4.69) is 0 Å². The summed E-state index contributed by atoms with van der Waals surface area (Å²) in [5.41, 5.74) is -1.94. The zero-order chi connectivity index (χ0) is 14.0. The number of hydrogen-bond donors (Lipinski definition) is 2. The van der Waals surface area contributed by atoms with Crippen molar-refractivity contribution < 1.29 is 24.5 Å². The normalized spacial score (nSPS) is 24.8. The van der Waals surface area contributed by atoms with Crippen molar-refractivity contribution in [3.8, 4) is 0 Å². The van der Waals surface area contributed by atoms with Gasteiger partial charge in [-0.2, -0.15) is 0 Å². The molecule has 1 aliphatic rings. The molecule has 1 amide bonds. The van der Waals surface area contributed by atoms with E-state index in [-0.39, 0.29) is 13.0 Å². The maximum Gasteiger partial charge on any atom is 0.410 e. The standard InChI is InChI=1S/C12H21NO5/c1-11(2,3)18-10(16)13-6-4-5-12(17,8-13)7-9(14)15/h17H,4-8H2,1-3H3,(H,14,15)/t12-/m1/s1. The van der Waals surface area contributed by atoms with E-state index in [4.69, 9.17) is 9.84 Å². The molecule has 0 aromatic rings. The summed E-state index contributed by atoms with van der Waals surface area (Å²) in [5, 5.41) is 18.9. The fourth-order valence-electron chi connectivity index (χ4n) is 2.02. The molecule has 0 aliphatic carbocycles. The minimum Gasteiger partial charge on any atom is -0.481 e. The minimum atomic E-state index is -1.35. The Morgan fingerprint density at radius 1 is 1.39 bits per heavy atom. The Kier molecular flexibility index (Phi) is 4.21. The lowest BCUT2D eigenvalue weighted by Crippen LogP contribution is -2.52. The number of piperidine rings is 1. The van der Waals surface area contributed by atoms with Crippen LogP contribution in [-0.4, -0.2) is 51.5 Å². The number of carbonyl (C=O) groups excluding carboxylic acids is 1. The molecule has 0 bridgehead atoms. The van der Waals surface area contributed by atoms with E-state index < -0.39 is 23.3 Å². The minimum absolute atomic E-state index is 0.00815. The Bertz CT molecular complexity index is 336. The molecule has 0 aromatic heterocycles. The Morgan fingerprint density at radius 3 is 2.50 bits per heavy atom. The van der Waals surface area contributed by atoms with Gasteiger partial charge in [0, 0.05) is 6.54 Å². The molecule has 1 aliphatic heterocycles. The summed E-state index contributed by atoms with van der Waals surface area (Å²) in [6.07, 6.45) is 0.0968. The van der Waals surface area contributed by atoms with Crippen LogP contribution in [0.15, 0.2) is 0 Å². The van der Waals surface area contributed by atoms with E-state index in [1.807, 2.05) is 0 Å². The van der Waals surface area contributed by atoms with Crippen LogP contribution in [0.2, 0.25) is 0 Å². The predicted octanol–water partition coefficient (Wildman–Crippen LogP) is 1.22. The van der Waals surface area contributed by atoms with Crippen LogP contribution in [0.3, 0.4) is 0 Å². The maximum absolute atomic E-state index is 11.8. The number of carbonyl (C=O) groups is 2. The van der Waals surface area contributed by atoms with E-state index in [0.717, 1.165) is 0 Å². The highest BCUT2D eigenvalue weighted by Crippen LogP contribution is 2.25. The van der Waals surface area contributed by atoms with Crippen molar-refractivity contribution in [2.75, 3.05) is 13.1 Å². The maximum atomic E-state index is 11.8. The van der Waals surface area contributed by atoms with Gasteiger partial charge in [0.25, 0.3) is 0 Å². The van der Waals surface area contributed by atoms with Crippen molar-refractivity contribution in [3.05, 3.63) is 0 Å². The van der Waals surface area contributed by atoms with Gasteiger partial charge in [0.15, 0.2) is 0 Å². The molecule has 6 heteroatoms. The van der Waals surface area contributed by atoms with Gasteiger partial charge in [-0.15, -0.1) is 0 Å². The largest absolute Gasteiger partial charge is 0.481 e. The highest BCUT2D eigenvalue weighted by atomic mass is 16.6. The Morgan fingerprint density at radius 2 is 2.00 bits per heavy atom. The molecule has 1 saturated heterocycles. The third-order valence-electron chi connectivity index (χ3n) is 2.69.